The number of pyridine rings is 1. The van der Waals surface area contributed by atoms with Crippen LogP contribution in [0.4, 0.5) is 5.69 Å². The van der Waals surface area contributed by atoms with Gasteiger partial charge in [0.25, 0.3) is 0 Å². The van der Waals surface area contributed by atoms with Gasteiger partial charge in [-0.15, -0.1) is 0 Å². The third-order valence-electron chi connectivity index (χ3n) is 5.26. The summed E-state index contributed by atoms with van der Waals surface area (Å²) >= 11 is 0. The van der Waals surface area contributed by atoms with Crippen LogP contribution in [0.3, 0.4) is 0 Å². The number of hydrogen-bond acceptors (Lipinski definition) is 5. The molecule has 6 nitrogen and oxygen atoms in total. The number of aryl methyl sites for hydroxylation is 1. The van der Waals surface area contributed by atoms with Gasteiger partial charge < -0.3 is 19.4 Å². The van der Waals surface area contributed by atoms with Crippen LogP contribution in [0, 0.1) is 6.92 Å². The average Bonchev–Trinajstić information content (AvgIpc) is 3.09. The van der Waals surface area contributed by atoms with Crippen LogP contribution < -0.4 is 4.90 Å². The Bertz CT molecular complexity index is 599. The SMILES string of the molecule is COCCC(=O)N1CCCC1c1cc(N2CCN(C)CC2)cc(C)n1. The summed E-state index contributed by atoms with van der Waals surface area (Å²) in [6.45, 7) is 7.61. The molecule has 1 aromatic rings. The monoisotopic (exact) mass is 346 g/mol. The summed E-state index contributed by atoms with van der Waals surface area (Å²) in [6, 6.07) is 4.47. The minimum atomic E-state index is 0.107. The van der Waals surface area contributed by atoms with Crippen LogP contribution in [-0.2, 0) is 9.53 Å². The Balaban J connectivity index is 1.78. The molecule has 2 saturated heterocycles. The molecule has 138 valence electrons. The fraction of sp³-hybridized carbons (Fsp3) is 0.684. The van der Waals surface area contributed by atoms with E-state index in [1.165, 1.54) is 5.69 Å². The Labute approximate surface area is 150 Å². The van der Waals surface area contributed by atoms with Crippen LogP contribution >= 0.6 is 0 Å². The highest BCUT2D eigenvalue weighted by Crippen LogP contribution is 2.33. The van der Waals surface area contributed by atoms with Crippen LogP contribution in [0.1, 0.15) is 36.7 Å². The van der Waals surface area contributed by atoms with Gasteiger partial charge >= 0.3 is 0 Å². The summed E-state index contributed by atoms with van der Waals surface area (Å²) < 4.78 is 5.07. The van der Waals surface area contributed by atoms with Crippen LogP contribution in [-0.4, -0.2) is 74.2 Å². The van der Waals surface area contributed by atoms with Crippen molar-refractivity contribution in [2.24, 2.45) is 0 Å². The molecule has 1 aromatic heterocycles. The molecule has 2 aliphatic heterocycles. The first-order valence-corrected chi connectivity index (χ1v) is 9.29. The van der Waals surface area contributed by atoms with Crippen LogP contribution in [0.2, 0.25) is 0 Å². The predicted octanol–water partition coefficient (Wildman–Crippen LogP) is 1.84. The van der Waals surface area contributed by atoms with Crippen molar-refractivity contribution in [3.05, 3.63) is 23.5 Å². The molecule has 0 saturated carbocycles. The summed E-state index contributed by atoms with van der Waals surface area (Å²) in [5.41, 5.74) is 3.31. The van der Waals surface area contributed by atoms with E-state index in [1.54, 1.807) is 7.11 Å². The number of likely N-dealkylation sites (tertiary alicyclic amines) is 1. The van der Waals surface area contributed by atoms with Crippen molar-refractivity contribution in [3.8, 4) is 0 Å². The van der Waals surface area contributed by atoms with Crippen LogP contribution in [0.5, 0.6) is 0 Å². The zero-order valence-corrected chi connectivity index (χ0v) is 15.7. The minimum absolute atomic E-state index is 0.107. The molecule has 0 aliphatic carbocycles. The Kier molecular flexibility index (Phi) is 5.91. The summed E-state index contributed by atoms with van der Waals surface area (Å²) in [7, 11) is 3.81. The number of anilines is 1. The van der Waals surface area contributed by atoms with Crippen molar-refractivity contribution < 1.29 is 9.53 Å². The van der Waals surface area contributed by atoms with Crippen LogP contribution in [0.25, 0.3) is 0 Å². The molecule has 6 heteroatoms. The molecule has 0 N–H and O–H groups in total. The quantitative estimate of drug-likeness (QED) is 0.814. The van der Waals surface area contributed by atoms with Gasteiger partial charge in [0.05, 0.1) is 24.8 Å². The molecule has 0 spiro atoms. The topological polar surface area (TPSA) is 48.9 Å². The van der Waals surface area contributed by atoms with E-state index in [4.69, 9.17) is 9.72 Å². The lowest BCUT2D eigenvalue weighted by Crippen LogP contribution is -2.44. The van der Waals surface area contributed by atoms with E-state index in [1.807, 2.05) is 4.90 Å². The number of likely N-dealkylation sites (N-methyl/N-ethyl adjacent to an activating group) is 1. The standard InChI is InChI=1S/C19H30N4O2/c1-15-13-16(22-10-8-21(2)9-11-22)14-17(20-15)18-5-4-7-23(18)19(24)6-12-25-3/h13-14,18H,4-12H2,1-3H3. The highest BCUT2D eigenvalue weighted by Gasteiger charge is 2.31. The van der Waals surface area contributed by atoms with Gasteiger partial charge in [-0.3, -0.25) is 9.78 Å². The van der Waals surface area contributed by atoms with Crippen molar-refractivity contribution in [2.45, 2.75) is 32.2 Å². The predicted molar refractivity (Wildman–Crippen MR) is 98.9 cm³/mol. The van der Waals surface area contributed by atoms with Gasteiger partial charge in [0.15, 0.2) is 0 Å². The van der Waals surface area contributed by atoms with Crippen molar-refractivity contribution >= 4 is 11.6 Å². The van der Waals surface area contributed by atoms with Gasteiger partial charge in [-0.05, 0) is 38.9 Å². The molecule has 1 amide bonds. The lowest BCUT2D eigenvalue weighted by Gasteiger charge is -2.34. The molecule has 3 rings (SSSR count). The maximum atomic E-state index is 12.5. The van der Waals surface area contributed by atoms with Gasteiger partial charge in [0.2, 0.25) is 5.91 Å². The number of aromatic nitrogens is 1. The number of carbonyl (C=O) groups excluding carboxylic acids is 1. The first-order valence-electron chi connectivity index (χ1n) is 9.29. The number of amides is 1. The Morgan fingerprint density at radius 2 is 2.00 bits per heavy atom. The van der Waals surface area contributed by atoms with E-state index in [2.05, 4.69) is 35.9 Å². The molecule has 0 bridgehead atoms. The molecule has 1 unspecified atom stereocenters. The zero-order chi connectivity index (χ0) is 17.8. The van der Waals surface area contributed by atoms with Crippen molar-refractivity contribution in [1.82, 2.24) is 14.8 Å². The molecule has 1 atom stereocenters. The first-order chi connectivity index (χ1) is 12.1. The number of rotatable bonds is 5. The van der Waals surface area contributed by atoms with Gasteiger partial charge in [-0.1, -0.05) is 0 Å². The van der Waals surface area contributed by atoms with E-state index in [0.29, 0.717) is 13.0 Å². The summed E-state index contributed by atoms with van der Waals surface area (Å²) in [5, 5.41) is 0. The first kappa shape index (κ1) is 18.1. The van der Waals surface area contributed by atoms with Gasteiger partial charge in [0.1, 0.15) is 0 Å². The van der Waals surface area contributed by atoms with Crippen molar-refractivity contribution in [1.29, 1.82) is 0 Å². The highest BCUT2D eigenvalue weighted by atomic mass is 16.5. The third kappa shape index (κ3) is 4.30. The van der Waals surface area contributed by atoms with E-state index in [9.17, 15) is 4.79 Å². The van der Waals surface area contributed by atoms with Crippen LogP contribution in [0.15, 0.2) is 12.1 Å². The maximum absolute atomic E-state index is 12.5. The molecule has 2 aliphatic rings. The van der Waals surface area contributed by atoms with E-state index >= 15 is 0 Å². The number of carbonyl (C=O) groups is 1. The summed E-state index contributed by atoms with van der Waals surface area (Å²) in [5.74, 6) is 0.175. The smallest absolute Gasteiger partial charge is 0.225 e. The number of methoxy groups -OCH3 is 1. The second-order valence-electron chi connectivity index (χ2n) is 7.17. The highest BCUT2D eigenvalue weighted by molar-refractivity contribution is 5.77. The summed E-state index contributed by atoms with van der Waals surface area (Å²) in [4.78, 5) is 24.1. The third-order valence-corrected chi connectivity index (χ3v) is 5.26. The molecular formula is C19H30N4O2. The van der Waals surface area contributed by atoms with E-state index in [0.717, 1.165) is 57.0 Å². The lowest BCUT2D eigenvalue weighted by atomic mass is 10.1. The lowest BCUT2D eigenvalue weighted by molar-refractivity contribution is -0.133. The second-order valence-corrected chi connectivity index (χ2v) is 7.17. The van der Waals surface area contributed by atoms with Crippen molar-refractivity contribution in [3.63, 3.8) is 0 Å². The Morgan fingerprint density at radius 3 is 2.72 bits per heavy atom. The fourth-order valence-electron chi connectivity index (χ4n) is 3.80. The number of hydrogen-bond donors (Lipinski definition) is 0. The summed E-state index contributed by atoms with van der Waals surface area (Å²) in [6.07, 6.45) is 2.49. The largest absolute Gasteiger partial charge is 0.384 e. The van der Waals surface area contributed by atoms with Gasteiger partial charge in [-0.25, -0.2) is 0 Å². The van der Waals surface area contributed by atoms with E-state index < -0.39 is 0 Å². The number of nitrogens with zero attached hydrogens (tertiary/aromatic N) is 4. The normalized spacial score (nSPS) is 21.8. The Morgan fingerprint density at radius 1 is 1.24 bits per heavy atom. The van der Waals surface area contributed by atoms with Crippen molar-refractivity contribution in [2.75, 3.05) is 58.4 Å². The zero-order valence-electron chi connectivity index (χ0n) is 15.7. The van der Waals surface area contributed by atoms with Gasteiger partial charge in [0, 0.05) is 51.2 Å². The molecule has 0 radical (unpaired) electrons. The van der Waals surface area contributed by atoms with Gasteiger partial charge in [-0.2, -0.15) is 0 Å². The number of ether oxygens (including phenoxy) is 1. The number of piperazine rings is 1. The second kappa shape index (κ2) is 8.15. The molecule has 2 fully saturated rings. The fourth-order valence-corrected chi connectivity index (χ4v) is 3.80. The minimum Gasteiger partial charge on any atom is -0.384 e. The molecule has 3 heterocycles. The maximum Gasteiger partial charge on any atom is 0.225 e. The Hall–Kier alpha value is -1.66. The average molecular weight is 346 g/mol. The molecule has 0 aromatic carbocycles. The molecular weight excluding hydrogens is 316 g/mol. The van der Waals surface area contributed by atoms with E-state index in [-0.39, 0.29) is 11.9 Å². The molecule has 25 heavy (non-hydrogen) atoms.